The Balaban J connectivity index is 1.95. The van der Waals surface area contributed by atoms with E-state index >= 15 is 0 Å². The van der Waals surface area contributed by atoms with Crippen LogP contribution in [0.25, 0.3) is 0 Å². The Morgan fingerprint density at radius 2 is 1.89 bits per heavy atom. The number of benzene rings is 2. The number of sulfone groups is 1. The monoisotopic (exact) mass is 431 g/mol. The topological polar surface area (TPSA) is 70.6 Å². The number of hydrogen-bond acceptors (Lipinski definition) is 3. The molecule has 2 rings (SSSR count). The van der Waals surface area contributed by atoms with Crippen molar-refractivity contribution in [3.05, 3.63) is 63.9 Å². The normalized spacial score (nSPS) is 13.3. The molecule has 0 aliphatic heterocycles. The minimum Gasteiger partial charge on any atom is -0.355 e. The average Bonchev–Trinajstić information content (AvgIpc) is 2.63. The fourth-order valence-electron chi connectivity index (χ4n) is 2.38. The van der Waals surface area contributed by atoms with Crippen LogP contribution in [0.5, 0.6) is 0 Å². The SMILES string of the molecule is CN=C(NCCS(=O)(=O)c1ccccc1F)NC(C)c1ccc(Cl)c(Cl)c1. The molecule has 0 heterocycles. The Morgan fingerprint density at radius 3 is 2.52 bits per heavy atom. The first-order chi connectivity index (χ1) is 12.7. The average molecular weight is 432 g/mol. The van der Waals surface area contributed by atoms with E-state index < -0.39 is 15.7 Å². The third-order valence-corrected chi connectivity index (χ3v) is 6.34. The van der Waals surface area contributed by atoms with Gasteiger partial charge >= 0.3 is 0 Å². The summed E-state index contributed by atoms with van der Waals surface area (Å²) in [5, 5.41) is 6.97. The Morgan fingerprint density at radius 1 is 1.19 bits per heavy atom. The molecule has 27 heavy (non-hydrogen) atoms. The maximum absolute atomic E-state index is 13.7. The summed E-state index contributed by atoms with van der Waals surface area (Å²) in [7, 11) is -2.17. The highest BCUT2D eigenvalue weighted by Crippen LogP contribution is 2.25. The molecule has 1 unspecified atom stereocenters. The lowest BCUT2D eigenvalue weighted by atomic mass is 10.1. The molecule has 9 heteroatoms. The lowest BCUT2D eigenvalue weighted by Gasteiger charge is -2.18. The summed E-state index contributed by atoms with van der Waals surface area (Å²) >= 11 is 11.9. The van der Waals surface area contributed by atoms with Gasteiger partial charge in [-0.25, -0.2) is 12.8 Å². The summed E-state index contributed by atoms with van der Waals surface area (Å²) in [5.41, 5.74) is 0.895. The lowest BCUT2D eigenvalue weighted by Crippen LogP contribution is -2.40. The second-order valence-electron chi connectivity index (χ2n) is 5.79. The van der Waals surface area contributed by atoms with Gasteiger partial charge in [-0.1, -0.05) is 41.4 Å². The van der Waals surface area contributed by atoms with E-state index in [-0.39, 0.29) is 23.2 Å². The maximum atomic E-state index is 13.7. The molecule has 0 saturated carbocycles. The van der Waals surface area contributed by atoms with Crippen LogP contribution >= 0.6 is 23.2 Å². The third-order valence-electron chi connectivity index (χ3n) is 3.86. The predicted molar refractivity (Wildman–Crippen MR) is 108 cm³/mol. The van der Waals surface area contributed by atoms with E-state index in [4.69, 9.17) is 23.2 Å². The van der Waals surface area contributed by atoms with Crippen LogP contribution in [0, 0.1) is 5.82 Å². The van der Waals surface area contributed by atoms with Gasteiger partial charge in [-0.2, -0.15) is 0 Å². The van der Waals surface area contributed by atoms with Crippen molar-refractivity contribution in [2.24, 2.45) is 4.99 Å². The van der Waals surface area contributed by atoms with E-state index in [1.54, 1.807) is 19.2 Å². The maximum Gasteiger partial charge on any atom is 0.191 e. The third kappa shape index (κ3) is 5.82. The van der Waals surface area contributed by atoms with Crippen molar-refractivity contribution >= 4 is 39.0 Å². The van der Waals surface area contributed by atoms with Crippen LogP contribution in [-0.4, -0.2) is 33.7 Å². The summed E-state index contributed by atoms with van der Waals surface area (Å²) in [6, 6.07) is 10.5. The molecule has 146 valence electrons. The Labute approximate surface area is 168 Å². The van der Waals surface area contributed by atoms with Crippen molar-refractivity contribution in [1.82, 2.24) is 10.6 Å². The first-order valence-electron chi connectivity index (χ1n) is 8.14. The molecule has 0 saturated heterocycles. The Kier molecular flexibility index (Phi) is 7.47. The van der Waals surface area contributed by atoms with Gasteiger partial charge in [0.15, 0.2) is 15.8 Å². The van der Waals surface area contributed by atoms with E-state index in [0.29, 0.717) is 16.0 Å². The molecule has 0 amide bonds. The number of halogens is 3. The van der Waals surface area contributed by atoms with Crippen LogP contribution in [-0.2, 0) is 9.84 Å². The molecule has 1 atom stereocenters. The van der Waals surface area contributed by atoms with Crippen molar-refractivity contribution in [2.75, 3.05) is 19.3 Å². The van der Waals surface area contributed by atoms with Gasteiger partial charge in [-0.3, -0.25) is 4.99 Å². The number of aliphatic imine (C=N–C) groups is 1. The molecular weight excluding hydrogens is 412 g/mol. The molecule has 5 nitrogen and oxygen atoms in total. The zero-order valence-corrected chi connectivity index (χ0v) is 17.2. The minimum absolute atomic E-state index is 0.0738. The van der Waals surface area contributed by atoms with Gasteiger partial charge in [0, 0.05) is 13.6 Å². The Hall–Kier alpha value is -1.83. The molecule has 0 spiro atoms. The summed E-state index contributed by atoms with van der Waals surface area (Å²) in [6.07, 6.45) is 0. The molecule has 0 aromatic heterocycles. The second-order valence-corrected chi connectivity index (χ2v) is 8.68. The number of guanidine groups is 1. The Bertz CT molecular complexity index is 936. The largest absolute Gasteiger partial charge is 0.355 e. The second kappa shape index (κ2) is 9.39. The van der Waals surface area contributed by atoms with Crippen LogP contribution in [0.3, 0.4) is 0 Å². The van der Waals surface area contributed by atoms with Crippen LogP contribution < -0.4 is 10.6 Å². The molecular formula is C18H20Cl2FN3O2S. The highest BCUT2D eigenvalue weighted by atomic mass is 35.5. The van der Waals surface area contributed by atoms with Gasteiger partial charge < -0.3 is 10.6 Å². The predicted octanol–water partition coefficient (Wildman–Crippen LogP) is 3.83. The minimum atomic E-state index is -3.74. The van der Waals surface area contributed by atoms with Crippen molar-refractivity contribution in [3.8, 4) is 0 Å². The van der Waals surface area contributed by atoms with Crippen molar-refractivity contribution in [3.63, 3.8) is 0 Å². The molecule has 0 aliphatic rings. The van der Waals surface area contributed by atoms with Crippen molar-refractivity contribution in [1.29, 1.82) is 0 Å². The first-order valence-corrected chi connectivity index (χ1v) is 10.5. The number of nitrogens with zero attached hydrogens (tertiary/aromatic N) is 1. The molecule has 2 aromatic rings. The van der Waals surface area contributed by atoms with E-state index in [1.165, 1.54) is 18.2 Å². The molecule has 0 radical (unpaired) electrons. The number of nitrogens with one attached hydrogen (secondary N) is 2. The van der Waals surface area contributed by atoms with E-state index in [0.717, 1.165) is 11.6 Å². The summed E-state index contributed by atoms with van der Waals surface area (Å²) in [4.78, 5) is 3.76. The van der Waals surface area contributed by atoms with E-state index in [2.05, 4.69) is 15.6 Å². The van der Waals surface area contributed by atoms with Crippen molar-refractivity contribution in [2.45, 2.75) is 17.9 Å². The number of rotatable bonds is 6. The van der Waals surface area contributed by atoms with Gasteiger partial charge in [-0.15, -0.1) is 0 Å². The summed E-state index contributed by atoms with van der Waals surface area (Å²) in [6.45, 7) is 1.98. The molecule has 0 fully saturated rings. The van der Waals surface area contributed by atoms with Crippen molar-refractivity contribution < 1.29 is 12.8 Å². The van der Waals surface area contributed by atoms with Crippen LogP contribution in [0.2, 0.25) is 10.0 Å². The van der Waals surface area contributed by atoms with E-state index in [9.17, 15) is 12.8 Å². The number of hydrogen-bond donors (Lipinski definition) is 2. The molecule has 2 aromatic carbocycles. The van der Waals surface area contributed by atoms with E-state index in [1.807, 2.05) is 13.0 Å². The van der Waals surface area contributed by atoms with Gasteiger partial charge in [0.1, 0.15) is 10.7 Å². The van der Waals surface area contributed by atoms with Gasteiger partial charge in [0.05, 0.1) is 21.8 Å². The molecule has 0 bridgehead atoms. The van der Waals surface area contributed by atoms with Crippen LogP contribution in [0.15, 0.2) is 52.4 Å². The summed E-state index contributed by atoms with van der Waals surface area (Å²) < 4.78 is 38.2. The standard InChI is InChI=1S/C18H20Cl2FN3O2S/c1-12(13-7-8-14(19)15(20)11-13)24-18(22-2)23-9-10-27(25,26)17-6-4-3-5-16(17)21/h3-8,11-12H,9-10H2,1-2H3,(H2,22,23,24). The zero-order valence-electron chi connectivity index (χ0n) is 14.8. The highest BCUT2D eigenvalue weighted by molar-refractivity contribution is 7.91. The molecule has 2 N–H and O–H groups in total. The lowest BCUT2D eigenvalue weighted by molar-refractivity contribution is 0.566. The fourth-order valence-corrected chi connectivity index (χ4v) is 3.92. The molecule has 0 aliphatic carbocycles. The van der Waals surface area contributed by atoms with Gasteiger partial charge in [0.2, 0.25) is 0 Å². The van der Waals surface area contributed by atoms with Crippen LogP contribution in [0.1, 0.15) is 18.5 Å². The quantitative estimate of drug-likeness (QED) is 0.538. The fraction of sp³-hybridized carbons (Fsp3) is 0.278. The smallest absolute Gasteiger partial charge is 0.191 e. The van der Waals surface area contributed by atoms with Gasteiger partial charge in [0.25, 0.3) is 0 Å². The van der Waals surface area contributed by atoms with Gasteiger partial charge in [-0.05, 0) is 36.8 Å². The zero-order chi connectivity index (χ0) is 20.0. The first kappa shape index (κ1) is 21.5. The van der Waals surface area contributed by atoms with Crippen LogP contribution in [0.4, 0.5) is 4.39 Å². The highest BCUT2D eigenvalue weighted by Gasteiger charge is 2.18. The summed E-state index contributed by atoms with van der Waals surface area (Å²) in [5.74, 6) is -0.610.